The molecule has 84 valence electrons. The molecule has 1 fully saturated rings. The molecule has 0 saturated carbocycles. The van der Waals surface area contributed by atoms with E-state index >= 15 is 0 Å². The number of nitrogens with zero attached hydrogens (tertiary/aromatic N) is 1. The molecule has 1 saturated heterocycles. The molecule has 0 aromatic carbocycles. The smallest absolute Gasteiger partial charge is 0.255 e. The van der Waals surface area contributed by atoms with Gasteiger partial charge in [-0.15, -0.1) is 0 Å². The quantitative estimate of drug-likeness (QED) is 0.622. The van der Waals surface area contributed by atoms with Crippen molar-refractivity contribution < 1.29 is 14.7 Å². The Morgan fingerprint density at radius 2 is 2.44 bits per heavy atom. The third-order valence-corrected chi connectivity index (χ3v) is 2.36. The largest absolute Gasteiger partial charge is 0.505 e. The van der Waals surface area contributed by atoms with Crippen molar-refractivity contribution in [2.45, 2.75) is 12.5 Å². The van der Waals surface area contributed by atoms with E-state index < -0.39 is 5.91 Å². The van der Waals surface area contributed by atoms with Crippen molar-refractivity contribution in [2.24, 2.45) is 0 Å². The summed E-state index contributed by atoms with van der Waals surface area (Å²) < 4.78 is 0. The molecule has 0 aliphatic carbocycles. The van der Waals surface area contributed by atoms with Crippen molar-refractivity contribution in [1.82, 2.24) is 15.6 Å². The van der Waals surface area contributed by atoms with Crippen LogP contribution in [0.25, 0.3) is 0 Å². The van der Waals surface area contributed by atoms with E-state index in [9.17, 15) is 14.7 Å². The first-order valence-electron chi connectivity index (χ1n) is 4.87. The maximum atomic E-state index is 11.7. The highest BCUT2D eigenvalue weighted by Crippen LogP contribution is 2.14. The van der Waals surface area contributed by atoms with Gasteiger partial charge in [0.1, 0.15) is 5.75 Å². The molecule has 0 spiro atoms. The average molecular weight is 221 g/mol. The maximum Gasteiger partial charge on any atom is 0.255 e. The standard InChI is InChI=1S/C10H11N3O3/c14-8-5-11-2-1-7(8)10(16)13-6-3-9(15)12-4-6/h1-2,5-6,14H,3-4H2,(H,12,15)(H,13,16). The lowest BCUT2D eigenvalue weighted by molar-refractivity contribution is -0.119. The van der Waals surface area contributed by atoms with Crippen LogP contribution in [0.4, 0.5) is 0 Å². The zero-order valence-corrected chi connectivity index (χ0v) is 8.43. The Bertz CT molecular complexity index is 433. The summed E-state index contributed by atoms with van der Waals surface area (Å²) >= 11 is 0. The van der Waals surface area contributed by atoms with E-state index in [1.165, 1.54) is 18.5 Å². The molecular weight excluding hydrogens is 210 g/mol. The summed E-state index contributed by atoms with van der Waals surface area (Å²) in [7, 11) is 0. The van der Waals surface area contributed by atoms with Gasteiger partial charge < -0.3 is 15.7 Å². The van der Waals surface area contributed by atoms with Crippen molar-refractivity contribution in [2.75, 3.05) is 6.54 Å². The maximum absolute atomic E-state index is 11.7. The van der Waals surface area contributed by atoms with Crippen LogP contribution < -0.4 is 10.6 Å². The second-order valence-corrected chi connectivity index (χ2v) is 3.57. The summed E-state index contributed by atoms with van der Waals surface area (Å²) in [5.74, 6) is -0.650. The molecule has 0 radical (unpaired) electrons. The number of carbonyl (C=O) groups excluding carboxylic acids is 2. The van der Waals surface area contributed by atoms with E-state index in [2.05, 4.69) is 15.6 Å². The Hall–Kier alpha value is -2.11. The summed E-state index contributed by atoms with van der Waals surface area (Å²) in [6.45, 7) is 0.427. The number of aromatic hydroxyl groups is 1. The summed E-state index contributed by atoms with van der Waals surface area (Å²) in [4.78, 5) is 26.3. The summed E-state index contributed by atoms with van der Waals surface area (Å²) in [6.07, 6.45) is 2.90. The lowest BCUT2D eigenvalue weighted by Crippen LogP contribution is -2.36. The van der Waals surface area contributed by atoms with Crippen molar-refractivity contribution in [3.8, 4) is 5.75 Å². The SMILES string of the molecule is O=C1CC(NC(=O)c2ccncc2O)CN1. The van der Waals surface area contributed by atoms with Crippen LogP contribution in [0.15, 0.2) is 18.5 Å². The Morgan fingerprint density at radius 1 is 1.62 bits per heavy atom. The number of hydrogen-bond acceptors (Lipinski definition) is 4. The number of rotatable bonds is 2. The highest BCUT2D eigenvalue weighted by Gasteiger charge is 2.24. The van der Waals surface area contributed by atoms with Crippen LogP contribution in [-0.4, -0.2) is 34.5 Å². The number of amides is 2. The number of carbonyl (C=O) groups is 2. The molecule has 1 atom stereocenters. The Labute approximate surface area is 91.7 Å². The molecule has 1 aromatic heterocycles. The zero-order valence-electron chi connectivity index (χ0n) is 8.43. The van der Waals surface area contributed by atoms with Gasteiger partial charge in [-0.2, -0.15) is 0 Å². The average Bonchev–Trinajstić information content (AvgIpc) is 2.64. The van der Waals surface area contributed by atoms with Gasteiger partial charge in [0.2, 0.25) is 5.91 Å². The van der Waals surface area contributed by atoms with Crippen LogP contribution >= 0.6 is 0 Å². The second-order valence-electron chi connectivity index (χ2n) is 3.57. The first kappa shape index (κ1) is 10.4. The molecule has 1 aliphatic rings. The third-order valence-electron chi connectivity index (χ3n) is 2.36. The Balaban J connectivity index is 2.03. The molecule has 2 heterocycles. The molecule has 6 nitrogen and oxygen atoms in total. The minimum atomic E-state index is -0.401. The third kappa shape index (κ3) is 2.10. The lowest BCUT2D eigenvalue weighted by atomic mass is 10.2. The number of pyridine rings is 1. The Morgan fingerprint density at radius 3 is 3.06 bits per heavy atom. The minimum absolute atomic E-state index is 0.0794. The predicted molar refractivity (Wildman–Crippen MR) is 54.8 cm³/mol. The molecule has 1 aromatic rings. The molecule has 1 unspecified atom stereocenters. The van der Waals surface area contributed by atoms with Crippen LogP contribution in [0.2, 0.25) is 0 Å². The number of nitrogens with one attached hydrogen (secondary N) is 2. The van der Waals surface area contributed by atoms with Gasteiger partial charge in [0, 0.05) is 19.2 Å². The summed E-state index contributed by atoms with van der Waals surface area (Å²) in [5.41, 5.74) is 0.161. The van der Waals surface area contributed by atoms with E-state index in [1.807, 2.05) is 0 Å². The van der Waals surface area contributed by atoms with Crippen LogP contribution in [0, 0.1) is 0 Å². The molecule has 3 N–H and O–H groups in total. The van der Waals surface area contributed by atoms with Gasteiger partial charge in [0.15, 0.2) is 0 Å². The molecular formula is C10H11N3O3. The minimum Gasteiger partial charge on any atom is -0.505 e. The van der Waals surface area contributed by atoms with Gasteiger partial charge in [0.05, 0.1) is 17.8 Å². The van der Waals surface area contributed by atoms with Crippen LogP contribution in [0.3, 0.4) is 0 Å². The lowest BCUT2D eigenvalue weighted by Gasteiger charge is -2.10. The van der Waals surface area contributed by atoms with Gasteiger partial charge in [0.25, 0.3) is 5.91 Å². The fourth-order valence-corrected chi connectivity index (χ4v) is 1.55. The summed E-state index contributed by atoms with van der Waals surface area (Å²) in [6, 6.07) is 1.21. The molecule has 1 aliphatic heterocycles. The predicted octanol–water partition coefficient (Wildman–Crippen LogP) is -0.595. The topological polar surface area (TPSA) is 91.3 Å². The van der Waals surface area contributed by atoms with Crippen LogP contribution in [0.1, 0.15) is 16.8 Å². The van der Waals surface area contributed by atoms with E-state index in [0.717, 1.165) is 0 Å². The van der Waals surface area contributed by atoms with E-state index in [1.54, 1.807) is 0 Å². The molecule has 0 bridgehead atoms. The molecule has 6 heteroatoms. The fourth-order valence-electron chi connectivity index (χ4n) is 1.55. The second kappa shape index (κ2) is 4.18. The van der Waals surface area contributed by atoms with Crippen molar-refractivity contribution in [1.29, 1.82) is 0 Å². The van der Waals surface area contributed by atoms with Gasteiger partial charge in [-0.3, -0.25) is 14.6 Å². The van der Waals surface area contributed by atoms with Crippen molar-refractivity contribution >= 4 is 11.8 Å². The number of hydrogen-bond donors (Lipinski definition) is 3. The fraction of sp³-hybridized carbons (Fsp3) is 0.300. The molecule has 2 rings (SSSR count). The van der Waals surface area contributed by atoms with Crippen molar-refractivity contribution in [3.05, 3.63) is 24.0 Å². The first-order chi connectivity index (χ1) is 7.66. The highest BCUT2D eigenvalue weighted by atomic mass is 16.3. The van der Waals surface area contributed by atoms with E-state index in [4.69, 9.17) is 0 Å². The van der Waals surface area contributed by atoms with Gasteiger partial charge in [-0.1, -0.05) is 0 Å². The monoisotopic (exact) mass is 221 g/mol. The highest BCUT2D eigenvalue weighted by molar-refractivity contribution is 5.97. The van der Waals surface area contributed by atoms with E-state index in [-0.39, 0.29) is 29.7 Å². The zero-order chi connectivity index (χ0) is 11.5. The Kier molecular flexibility index (Phi) is 2.72. The first-order valence-corrected chi connectivity index (χ1v) is 4.87. The molecule has 2 amide bonds. The normalized spacial score (nSPS) is 19.2. The van der Waals surface area contributed by atoms with Crippen LogP contribution in [-0.2, 0) is 4.79 Å². The summed E-state index contributed by atoms with van der Waals surface area (Å²) in [5, 5.41) is 14.7. The van der Waals surface area contributed by atoms with Gasteiger partial charge >= 0.3 is 0 Å². The van der Waals surface area contributed by atoms with Crippen LogP contribution in [0.5, 0.6) is 5.75 Å². The van der Waals surface area contributed by atoms with Gasteiger partial charge in [-0.05, 0) is 6.07 Å². The van der Waals surface area contributed by atoms with E-state index in [0.29, 0.717) is 6.54 Å². The van der Waals surface area contributed by atoms with Gasteiger partial charge in [-0.25, -0.2) is 0 Å². The van der Waals surface area contributed by atoms with Crippen molar-refractivity contribution in [3.63, 3.8) is 0 Å². The molecule has 16 heavy (non-hydrogen) atoms. The number of aromatic nitrogens is 1.